The van der Waals surface area contributed by atoms with E-state index in [1.54, 1.807) is 12.1 Å². The van der Waals surface area contributed by atoms with E-state index in [0.29, 0.717) is 12.2 Å². The van der Waals surface area contributed by atoms with Gasteiger partial charge in [0.15, 0.2) is 0 Å². The molecule has 0 unspecified atom stereocenters. The number of phenolic OH excluding ortho intramolecular Hbond substituents is 1. The predicted molar refractivity (Wildman–Crippen MR) is 47.2 cm³/mol. The van der Waals surface area contributed by atoms with Crippen molar-refractivity contribution >= 4 is 11.8 Å². The van der Waals surface area contributed by atoms with Crippen molar-refractivity contribution in [3.8, 4) is 5.75 Å². The number of fused-ring (bicyclic) bond motifs is 1. The van der Waals surface area contributed by atoms with Crippen LogP contribution in [0.25, 0.3) is 0 Å². The quantitative estimate of drug-likeness (QED) is 0.633. The summed E-state index contributed by atoms with van der Waals surface area (Å²) in [5, 5.41) is 18.0. The summed E-state index contributed by atoms with van der Waals surface area (Å²) in [6.45, 7) is 0.480. The zero-order valence-corrected chi connectivity index (χ0v) is 6.90. The fourth-order valence-electron chi connectivity index (χ4n) is 1.57. The lowest BCUT2D eigenvalue weighted by Gasteiger charge is -2.12. The number of amides is 1. The molecule has 1 amide bonds. The normalized spacial score (nSPS) is 14.3. The van der Waals surface area contributed by atoms with Crippen LogP contribution in [-0.2, 0) is 6.42 Å². The van der Waals surface area contributed by atoms with Gasteiger partial charge in [-0.05, 0) is 18.1 Å². The number of phenols is 1. The lowest BCUT2D eigenvalue weighted by atomic mass is 10.1. The number of rotatable bonds is 0. The molecule has 4 heteroatoms. The van der Waals surface area contributed by atoms with Gasteiger partial charge >= 0.3 is 6.09 Å². The molecule has 1 aromatic rings. The van der Waals surface area contributed by atoms with Gasteiger partial charge in [-0.15, -0.1) is 0 Å². The highest BCUT2D eigenvalue weighted by Gasteiger charge is 2.23. The summed E-state index contributed by atoms with van der Waals surface area (Å²) in [5.74, 6) is 0.104. The first kappa shape index (κ1) is 7.91. The van der Waals surface area contributed by atoms with Crippen molar-refractivity contribution < 1.29 is 15.0 Å². The second-order valence-corrected chi connectivity index (χ2v) is 3.00. The van der Waals surface area contributed by atoms with Crippen molar-refractivity contribution in [2.75, 3.05) is 11.4 Å². The molecule has 0 fully saturated rings. The largest absolute Gasteiger partial charge is 0.508 e. The second-order valence-electron chi connectivity index (χ2n) is 3.00. The number of carboxylic acid groups (broad SMARTS) is 1. The van der Waals surface area contributed by atoms with Crippen LogP contribution in [0.4, 0.5) is 10.5 Å². The molecule has 0 bridgehead atoms. The number of nitrogens with zero attached hydrogens (tertiary/aromatic N) is 1. The fourth-order valence-corrected chi connectivity index (χ4v) is 1.57. The third kappa shape index (κ3) is 1.20. The van der Waals surface area contributed by atoms with Crippen LogP contribution in [0.5, 0.6) is 5.75 Å². The van der Waals surface area contributed by atoms with Gasteiger partial charge in [-0.1, -0.05) is 6.07 Å². The van der Waals surface area contributed by atoms with Crippen LogP contribution >= 0.6 is 0 Å². The topological polar surface area (TPSA) is 60.8 Å². The summed E-state index contributed by atoms with van der Waals surface area (Å²) >= 11 is 0. The van der Waals surface area contributed by atoms with Crippen LogP contribution in [0, 0.1) is 0 Å². The molecule has 0 aromatic heterocycles. The highest BCUT2D eigenvalue weighted by molar-refractivity contribution is 5.89. The van der Waals surface area contributed by atoms with Crippen LogP contribution in [0.15, 0.2) is 18.2 Å². The molecule has 1 aromatic carbocycles. The van der Waals surface area contributed by atoms with Crippen molar-refractivity contribution in [2.45, 2.75) is 6.42 Å². The van der Waals surface area contributed by atoms with E-state index in [4.69, 9.17) is 5.11 Å². The number of benzene rings is 1. The minimum atomic E-state index is -0.968. The third-order valence-corrected chi connectivity index (χ3v) is 2.20. The first-order valence-corrected chi connectivity index (χ1v) is 4.01. The van der Waals surface area contributed by atoms with Crippen molar-refractivity contribution in [3.05, 3.63) is 23.8 Å². The number of anilines is 1. The Bertz CT molecular complexity index is 362. The van der Waals surface area contributed by atoms with Gasteiger partial charge in [0.25, 0.3) is 0 Å². The highest BCUT2D eigenvalue weighted by atomic mass is 16.4. The summed E-state index contributed by atoms with van der Waals surface area (Å²) < 4.78 is 0. The molecular weight excluding hydrogens is 170 g/mol. The smallest absolute Gasteiger partial charge is 0.411 e. The van der Waals surface area contributed by atoms with Gasteiger partial charge in [-0.2, -0.15) is 0 Å². The first-order chi connectivity index (χ1) is 6.18. The summed E-state index contributed by atoms with van der Waals surface area (Å²) in [6, 6.07) is 4.81. The molecule has 2 N–H and O–H groups in total. The van der Waals surface area contributed by atoms with Crippen LogP contribution in [0.2, 0.25) is 0 Å². The monoisotopic (exact) mass is 179 g/mol. The molecule has 0 saturated carbocycles. The molecule has 1 aliphatic rings. The molecule has 1 heterocycles. The van der Waals surface area contributed by atoms with E-state index < -0.39 is 6.09 Å². The Morgan fingerprint density at radius 1 is 1.46 bits per heavy atom. The standard InChI is InChI=1S/C9H9NO3/c11-7-2-1-6-3-4-10(9(12)13)8(6)5-7/h1-2,5,11H,3-4H2,(H,12,13). The molecule has 0 atom stereocenters. The maximum absolute atomic E-state index is 10.7. The van der Waals surface area contributed by atoms with Crippen LogP contribution in [0.1, 0.15) is 5.56 Å². The Balaban J connectivity index is 2.46. The molecule has 1 aliphatic heterocycles. The number of hydrogen-bond acceptors (Lipinski definition) is 2. The Morgan fingerprint density at radius 2 is 2.23 bits per heavy atom. The lowest BCUT2D eigenvalue weighted by Crippen LogP contribution is -2.26. The molecule has 0 radical (unpaired) electrons. The van der Waals surface area contributed by atoms with Gasteiger partial charge < -0.3 is 10.2 Å². The minimum Gasteiger partial charge on any atom is -0.508 e. The van der Waals surface area contributed by atoms with Crippen LogP contribution in [-0.4, -0.2) is 22.9 Å². The number of carbonyl (C=O) groups is 1. The van der Waals surface area contributed by atoms with Gasteiger partial charge in [0, 0.05) is 12.6 Å². The van der Waals surface area contributed by atoms with Crippen LogP contribution in [0.3, 0.4) is 0 Å². The van der Waals surface area contributed by atoms with Crippen molar-refractivity contribution in [2.24, 2.45) is 0 Å². The fraction of sp³-hybridized carbons (Fsp3) is 0.222. The van der Waals surface area contributed by atoms with Crippen molar-refractivity contribution in [1.29, 1.82) is 0 Å². The average molecular weight is 179 g/mol. The van der Waals surface area contributed by atoms with E-state index >= 15 is 0 Å². The Kier molecular flexibility index (Phi) is 1.62. The Morgan fingerprint density at radius 3 is 2.92 bits per heavy atom. The summed E-state index contributed by atoms with van der Waals surface area (Å²) in [4.78, 5) is 12.0. The molecule has 2 rings (SSSR count). The van der Waals surface area contributed by atoms with Gasteiger partial charge in [0.1, 0.15) is 5.75 Å². The second kappa shape index (κ2) is 2.65. The van der Waals surface area contributed by atoms with Gasteiger partial charge in [0.2, 0.25) is 0 Å². The zero-order chi connectivity index (χ0) is 9.42. The van der Waals surface area contributed by atoms with Gasteiger partial charge in [0.05, 0.1) is 5.69 Å². The molecule has 0 aliphatic carbocycles. The molecule has 0 spiro atoms. The third-order valence-electron chi connectivity index (χ3n) is 2.20. The van der Waals surface area contributed by atoms with E-state index in [1.165, 1.54) is 11.0 Å². The van der Waals surface area contributed by atoms with E-state index in [0.717, 1.165) is 12.0 Å². The molecule has 0 saturated heterocycles. The van der Waals surface area contributed by atoms with Gasteiger partial charge in [-0.25, -0.2) is 4.79 Å². The Hall–Kier alpha value is -1.71. The molecule has 68 valence electrons. The van der Waals surface area contributed by atoms with Crippen molar-refractivity contribution in [3.63, 3.8) is 0 Å². The van der Waals surface area contributed by atoms with Crippen LogP contribution < -0.4 is 4.90 Å². The SMILES string of the molecule is O=C(O)N1CCc2ccc(O)cc21. The predicted octanol–water partition coefficient (Wildman–Crippen LogP) is 1.43. The van der Waals surface area contributed by atoms with E-state index in [9.17, 15) is 9.90 Å². The summed E-state index contributed by atoms with van der Waals surface area (Å²) in [6.07, 6.45) is -0.244. The van der Waals surface area contributed by atoms with E-state index in [1.807, 2.05) is 0 Å². The molecular formula is C9H9NO3. The highest BCUT2D eigenvalue weighted by Crippen LogP contribution is 2.30. The maximum Gasteiger partial charge on any atom is 0.411 e. The first-order valence-electron chi connectivity index (χ1n) is 4.01. The summed E-state index contributed by atoms with van der Waals surface area (Å²) in [7, 11) is 0. The van der Waals surface area contributed by atoms with Crippen molar-refractivity contribution in [1.82, 2.24) is 0 Å². The zero-order valence-electron chi connectivity index (χ0n) is 6.90. The number of aromatic hydroxyl groups is 1. The van der Waals surface area contributed by atoms with Gasteiger partial charge in [-0.3, -0.25) is 4.90 Å². The lowest BCUT2D eigenvalue weighted by molar-refractivity contribution is 0.202. The maximum atomic E-state index is 10.7. The van der Waals surface area contributed by atoms with E-state index in [2.05, 4.69) is 0 Å². The average Bonchev–Trinajstić information content (AvgIpc) is 2.46. The Labute approximate surface area is 75.0 Å². The van der Waals surface area contributed by atoms with E-state index in [-0.39, 0.29) is 5.75 Å². The minimum absolute atomic E-state index is 0.104. The molecule has 4 nitrogen and oxygen atoms in total. The number of hydrogen-bond donors (Lipinski definition) is 2. The summed E-state index contributed by atoms with van der Waals surface area (Å²) in [5.41, 5.74) is 1.58. The molecule has 13 heavy (non-hydrogen) atoms.